The summed E-state index contributed by atoms with van der Waals surface area (Å²) in [6, 6.07) is 15.7. The lowest BCUT2D eigenvalue weighted by atomic mass is 10.1. The van der Waals surface area contributed by atoms with E-state index in [0.717, 1.165) is 21.5 Å². The highest BCUT2D eigenvalue weighted by molar-refractivity contribution is 5.78. The molecule has 144 valence electrons. The maximum Gasteiger partial charge on any atom is 0.332 e. The molecule has 0 saturated carbocycles. The van der Waals surface area contributed by atoms with Gasteiger partial charge in [-0.05, 0) is 17.7 Å². The molecule has 0 amide bonds. The second-order valence-corrected chi connectivity index (χ2v) is 6.95. The molecule has 0 unspecified atom stereocenters. The second kappa shape index (κ2) is 6.30. The van der Waals surface area contributed by atoms with Crippen LogP contribution in [-0.2, 0) is 20.6 Å². The van der Waals surface area contributed by atoms with E-state index in [1.54, 1.807) is 17.6 Å². The van der Waals surface area contributed by atoms with Crippen LogP contribution in [0.15, 0.2) is 70.5 Å². The summed E-state index contributed by atoms with van der Waals surface area (Å²) in [4.78, 5) is 34.3. The molecule has 0 atom stereocenters. The number of pyridine rings is 1. The predicted molar refractivity (Wildman–Crippen MR) is 110 cm³/mol. The SMILES string of the molecule is Cn1c(=O)c2c(nc3n(Cc4ccccn4)c(-c4ccccc4)cn23)n(C)c1=O. The third-order valence-corrected chi connectivity index (χ3v) is 5.17. The van der Waals surface area contributed by atoms with Crippen molar-refractivity contribution >= 4 is 16.9 Å². The molecule has 4 aromatic heterocycles. The lowest BCUT2D eigenvalue weighted by molar-refractivity contribution is 0.707. The Morgan fingerprint density at radius 2 is 1.69 bits per heavy atom. The predicted octanol–water partition coefficient (Wildman–Crippen LogP) is 1.80. The van der Waals surface area contributed by atoms with Crippen molar-refractivity contribution in [3.05, 3.63) is 87.5 Å². The van der Waals surface area contributed by atoms with Crippen LogP contribution in [-0.4, -0.2) is 28.1 Å². The average molecular weight is 386 g/mol. The Labute approximate surface area is 164 Å². The largest absolute Gasteiger partial charge is 0.332 e. The molecule has 0 saturated heterocycles. The van der Waals surface area contributed by atoms with E-state index in [-0.39, 0.29) is 5.56 Å². The zero-order valence-electron chi connectivity index (χ0n) is 16.0. The molecule has 5 rings (SSSR count). The zero-order valence-corrected chi connectivity index (χ0v) is 16.0. The van der Waals surface area contributed by atoms with Crippen LogP contribution in [0.1, 0.15) is 5.69 Å². The van der Waals surface area contributed by atoms with Crippen LogP contribution in [0.2, 0.25) is 0 Å². The first-order valence-corrected chi connectivity index (χ1v) is 9.19. The van der Waals surface area contributed by atoms with Crippen molar-refractivity contribution in [2.45, 2.75) is 6.54 Å². The third-order valence-electron chi connectivity index (χ3n) is 5.17. The van der Waals surface area contributed by atoms with E-state index in [9.17, 15) is 9.59 Å². The number of aromatic nitrogens is 6. The van der Waals surface area contributed by atoms with Crippen LogP contribution in [0.4, 0.5) is 0 Å². The van der Waals surface area contributed by atoms with Gasteiger partial charge in [0.15, 0.2) is 11.2 Å². The number of hydrogen-bond acceptors (Lipinski definition) is 4. The molecular formula is C21H18N6O2. The van der Waals surface area contributed by atoms with E-state index >= 15 is 0 Å². The van der Waals surface area contributed by atoms with Crippen LogP contribution in [0.3, 0.4) is 0 Å². The molecule has 0 aliphatic rings. The summed E-state index contributed by atoms with van der Waals surface area (Å²) in [5, 5.41) is 0. The molecular weight excluding hydrogens is 368 g/mol. The number of imidazole rings is 2. The molecule has 1 aromatic carbocycles. The van der Waals surface area contributed by atoms with Crippen molar-refractivity contribution < 1.29 is 0 Å². The van der Waals surface area contributed by atoms with Crippen molar-refractivity contribution in [1.82, 2.24) is 28.1 Å². The maximum atomic E-state index is 12.9. The van der Waals surface area contributed by atoms with Gasteiger partial charge in [-0.15, -0.1) is 0 Å². The quantitative estimate of drug-likeness (QED) is 0.474. The number of benzene rings is 1. The Balaban J connectivity index is 1.88. The molecule has 8 heteroatoms. The number of hydrogen-bond donors (Lipinski definition) is 0. The lowest BCUT2D eigenvalue weighted by Gasteiger charge is -2.08. The van der Waals surface area contributed by atoms with Gasteiger partial charge in [0.25, 0.3) is 5.56 Å². The average Bonchev–Trinajstić information content (AvgIpc) is 3.29. The Hall–Kier alpha value is -3.94. The minimum atomic E-state index is -0.400. The van der Waals surface area contributed by atoms with Gasteiger partial charge in [-0.2, -0.15) is 4.98 Å². The van der Waals surface area contributed by atoms with Crippen molar-refractivity contribution in [3.8, 4) is 11.3 Å². The number of rotatable bonds is 3. The minimum absolute atomic E-state index is 0.363. The Kier molecular flexibility index (Phi) is 3.73. The summed E-state index contributed by atoms with van der Waals surface area (Å²) in [5.41, 5.74) is 2.76. The van der Waals surface area contributed by atoms with Crippen molar-refractivity contribution in [2.75, 3.05) is 0 Å². The first kappa shape index (κ1) is 17.2. The zero-order chi connectivity index (χ0) is 20.1. The van der Waals surface area contributed by atoms with E-state index in [1.807, 2.05) is 59.3 Å². The van der Waals surface area contributed by atoms with Gasteiger partial charge >= 0.3 is 5.69 Å². The van der Waals surface area contributed by atoms with Crippen molar-refractivity contribution in [2.24, 2.45) is 14.1 Å². The van der Waals surface area contributed by atoms with Gasteiger partial charge in [0, 0.05) is 26.5 Å². The molecule has 5 aromatic rings. The molecule has 0 radical (unpaired) electrons. The molecule has 0 fully saturated rings. The number of fused-ring (bicyclic) bond motifs is 3. The standard InChI is InChI=1S/C21H18N6O2/c1-24-18-17(19(28)25(2)21(24)29)27-13-16(14-8-4-3-5-9-14)26(20(27)23-18)12-15-10-6-7-11-22-15/h3-11,13H,12H2,1-2H3. The first-order valence-electron chi connectivity index (χ1n) is 9.19. The number of aryl methyl sites for hydroxylation is 1. The van der Waals surface area contributed by atoms with Gasteiger partial charge in [0.1, 0.15) is 0 Å². The normalized spacial score (nSPS) is 11.5. The fourth-order valence-corrected chi connectivity index (χ4v) is 3.66. The molecule has 4 heterocycles. The van der Waals surface area contributed by atoms with Gasteiger partial charge in [-0.3, -0.25) is 23.3 Å². The Morgan fingerprint density at radius 3 is 2.41 bits per heavy atom. The van der Waals surface area contributed by atoms with Crippen LogP contribution >= 0.6 is 0 Å². The summed E-state index contributed by atoms with van der Waals surface area (Å²) >= 11 is 0. The molecule has 0 spiro atoms. The summed E-state index contributed by atoms with van der Waals surface area (Å²) in [6.45, 7) is 0.485. The van der Waals surface area contributed by atoms with Crippen molar-refractivity contribution in [3.63, 3.8) is 0 Å². The molecule has 0 aliphatic carbocycles. The highest BCUT2D eigenvalue weighted by Gasteiger charge is 2.21. The van der Waals surface area contributed by atoms with E-state index in [2.05, 4.69) is 9.97 Å². The van der Waals surface area contributed by atoms with E-state index in [0.29, 0.717) is 23.5 Å². The van der Waals surface area contributed by atoms with Gasteiger partial charge in [0.2, 0.25) is 5.78 Å². The highest BCUT2D eigenvalue weighted by atomic mass is 16.2. The summed E-state index contributed by atoms with van der Waals surface area (Å²) in [5.74, 6) is 0.586. The summed E-state index contributed by atoms with van der Waals surface area (Å²) in [6.07, 6.45) is 3.65. The second-order valence-electron chi connectivity index (χ2n) is 6.95. The topological polar surface area (TPSA) is 79.1 Å². The fraction of sp³-hybridized carbons (Fsp3) is 0.143. The van der Waals surface area contributed by atoms with Crippen LogP contribution in [0.25, 0.3) is 28.2 Å². The molecule has 8 nitrogen and oxygen atoms in total. The molecule has 0 N–H and O–H groups in total. The highest BCUT2D eigenvalue weighted by Crippen LogP contribution is 2.26. The fourth-order valence-electron chi connectivity index (χ4n) is 3.66. The minimum Gasteiger partial charge on any atom is -0.304 e. The Morgan fingerprint density at radius 1 is 0.931 bits per heavy atom. The van der Waals surface area contributed by atoms with Crippen molar-refractivity contribution in [1.29, 1.82) is 0 Å². The molecule has 0 aliphatic heterocycles. The smallest absolute Gasteiger partial charge is 0.304 e. The van der Waals surface area contributed by atoms with Crippen LogP contribution < -0.4 is 11.2 Å². The van der Waals surface area contributed by atoms with E-state index in [1.165, 1.54) is 11.6 Å². The molecule has 0 bridgehead atoms. The van der Waals surface area contributed by atoms with Gasteiger partial charge in [-0.1, -0.05) is 36.4 Å². The summed E-state index contributed by atoms with van der Waals surface area (Å²) in [7, 11) is 3.10. The summed E-state index contributed by atoms with van der Waals surface area (Å²) < 4.78 is 6.29. The Bertz CT molecular complexity index is 1470. The third kappa shape index (κ3) is 2.53. The van der Waals surface area contributed by atoms with E-state index < -0.39 is 5.69 Å². The number of nitrogens with zero attached hydrogens (tertiary/aromatic N) is 6. The monoisotopic (exact) mass is 386 g/mol. The maximum absolute atomic E-state index is 12.9. The van der Waals surface area contributed by atoms with E-state index in [4.69, 9.17) is 0 Å². The van der Waals surface area contributed by atoms with Gasteiger partial charge in [-0.25, -0.2) is 4.79 Å². The van der Waals surface area contributed by atoms with Gasteiger partial charge in [0.05, 0.1) is 17.9 Å². The van der Waals surface area contributed by atoms with Gasteiger partial charge < -0.3 is 4.57 Å². The molecule has 29 heavy (non-hydrogen) atoms. The van der Waals surface area contributed by atoms with Crippen LogP contribution in [0.5, 0.6) is 0 Å². The van der Waals surface area contributed by atoms with Crippen LogP contribution in [0, 0.1) is 0 Å². The lowest BCUT2D eigenvalue weighted by Crippen LogP contribution is -2.37. The first-order chi connectivity index (χ1) is 14.1.